The first-order valence-electron chi connectivity index (χ1n) is 5.85. The molecule has 9 nitrogen and oxygen atoms in total. The zero-order valence-electron chi connectivity index (χ0n) is 10.4. The minimum atomic E-state index is -1.29. The maximum atomic E-state index is 11.7. The number of hydrogen-bond acceptors (Lipinski definition) is 7. The van der Waals surface area contributed by atoms with Crippen molar-refractivity contribution in [3.05, 3.63) is 0 Å². The average Bonchev–Trinajstić information content (AvgIpc) is 2.67. The van der Waals surface area contributed by atoms with Gasteiger partial charge in [-0.2, -0.15) is 0 Å². The average molecular weight is 275 g/mol. The molecule has 0 aliphatic carbocycles. The number of carbonyl (C=O) groups is 2. The number of hydrogen-bond donors (Lipinski definition) is 4. The van der Waals surface area contributed by atoms with Crippen LogP contribution in [0.3, 0.4) is 0 Å². The number of carbonyl (C=O) groups excluding carboxylic acids is 2. The Bertz CT molecular complexity index is 378. The molecular weight excluding hydrogens is 258 g/mol. The summed E-state index contributed by atoms with van der Waals surface area (Å²) in [5, 5.41) is 21.7. The van der Waals surface area contributed by atoms with Crippen LogP contribution >= 0.6 is 0 Å². The number of aliphatic hydroxyl groups is 2. The van der Waals surface area contributed by atoms with Crippen LogP contribution < -0.4 is 11.1 Å². The van der Waals surface area contributed by atoms with Crippen LogP contribution in [-0.4, -0.2) is 77.9 Å². The molecule has 0 bridgehead atoms. The molecule has 2 heterocycles. The van der Waals surface area contributed by atoms with E-state index in [-0.39, 0.29) is 13.1 Å². The van der Waals surface area contributed by atoms with Crippen LogP contribution in [0.25, 0.3) is 0 Å². The van der Waals surface area contributed by atoms with Crippen molar-refractivity contribution in [2.45, 2.75) is 30.6 Å². The van der Waals surface area contributed by atoms with Gasteiger partial charge in [0.2, 0.25) is 0 Å². The molecule has 2 aliphatic heterocycles. The molecule has 19 heavy (non-hydrogen) atoms. The van der Waals surface area contributed by atoms with Gasteiger partial charge in [0.15, 0.2) is 12.3 Å². The Balaban J connectivity index is 2.13. The van der Waals surface area contributed by atoms with Gasteiger partial charge in [0, 0.05) is 13.7 Å². The number of nitrogens with one attached hydrogen (secondary N) is 1. The van der Waals surface area contributed by atoms with Gasteiger partial charge >= 0.3 is 6.03 Å². The minimum absolute atomic E-state index is 0.0107. The molecule has 5 N–H and O–H groups in total. The Kier molecular flexibility index (Phi) is 4.02. The van der Waals surface area contributed by atoms with Crippen LogP contribution in [0.2, 0.25) is 0 Å². The topological polar surface area (TPSA) is 134 Å². The molecule has 2 fully saturated rings. The standard InChI is InChI=1S/C10H17N3O6/c1-18-5-3-13(10(17)12-8(5)16)9-7(15)6(14)4(2-11)19-9/h4-7,9,14-15H,2-3,11H2,1H3,(H,12,16,17)/t4-,5?,6?,7?,9-/m1/s1. The molecule has 0 aromatic carbocycles. The van der Waals surface area contributed by atoms with Gasteiger partial charge in [-0.15, -0.1) is 0 Å². The number of urea groups is 1. The van der Waals surface area contributed by atoms with Gasteiger partial charge in [-0.1, -0.05) is 0 Å². The molecule has 5 atom stereocenters. The van der Waals surface area contributed by atoms with Gasteiger partial charge in [-0.05, 0) is 0 Å². The first-order chi connectivity index (χ1) is 8.99. The minimum Gasteiger partial charge on any atom is -0.387 e. The van der Waals surface area contributed by atoms with E-state index in [1.807, 2.05) is 0 Å². The lowest BCUT2D eigenvalue weighted by Gasteiger charge is -2.35. The Labute approximate surface area is 109 Å². The smallest absolute Gasteiger partial charge is 0.326 e. The van der Waals surface area contributed by atoms with Crippen molar-refractivity contribution in [2.75, 3.05) is 20.2 Å². The second-order valence-corrected chi connectivity index (χ2v) is 4.45. The van der Waals surface area contributed by atoms with E-state index in [0.29, 0.717) is 0 Å². The van der Waals surface area contributed by atoms with E-state index in [1.54, 1.807) is 0 Å². The van der Waals surface area contributed by atoms with Crippen molar-refractivity contribution in [3.8, 4) is 0 Å². The number of nitrogens with zero attached hydrogens (tertiary/aromatic N) is 1. The van der Waals surface area contributed by atoms with Gasteiger partial charge in [0.25, 0.3) is 5.91 Å². The third-order valence-electron chi connectivity index (χ3n) is 3.31. The van der Waals surface area contributed by atoms with Crippen molar-refractivity contribution < 1.29 is 29.3 Å². The second-order valence-electron chi connectivity index (χ2n) is 4.45. The molecular formula is C10H17N3O6. The number of methoxy groups -OCH3 is 1. The Morgan fingerprint density at radius 1 is 1.47 bits per heavy atom. The molecule has 108 valence electrons. The maximum absolute atomic E-state index is 11.7. The first-order valence-corrected chi connectivity index (χ1v) is 5.85. The molecule has 2 rings (SSSR count). The van der Waals surface area contributed by atoms with E-state index in [4.69, 9.17) is 15.2 Å². The van der Waals surface area contributed by atoms with Crippen LogP contribution in [-0.2, 0) is 14.3 Å². The van der Waals surface area contributed by atoms with Gasteiger partial charge in [-0.25, -0.2) is 4.79 Å². The second kappa shape index (κ2) is 5.39. The fourth-order valence-electron chi connectivity index (χ4n) is 2.18. The summed E-state index contributed by atoms with van der Waals surface area (Å²) in [6.45, 7) is -0.0519. The van der Waals surface area contributed by atoms with Crippen LogP contribution in [0, 0.1) is 0 Å². The zero-order valence-corrected chi connectivity index (χ0v) is 10.4. The molecule has 3 unspecified atom stereocenters. The molecule has 0 aromatic heterocycles. The molecule has 3 amide bonds. The summed E-state index contributed by atoms with van der Waals surface area (Å²) in [5.74, 6) is -0.549. The highest BCUT2D eigenvalue weighted by Crippen LogP contribution is 2.25. The Hall–Kier alpha value is -1.26. The van der Waals surface area contributed by atoms with Crippen molar-refractivity contribution in [2.24, 2.45) is 5.73 Å². The molecule has 9 heteroatoms. The van der Waals surface area contributed by atoms with Crippen LogP contribution in [0.5, 0.6) is 0 Å². The molecule has 0 spiro atoms. The number of amides is 3. The van der Waals surface area contributed by atoms with Crippen LogP contribution in [0.1, 0.15) is 0 Å². The predicted octanol–water partition coefficient (Wildman–Crippen LogP) is -3.04. The fourth-order valence-corrected chi connectivity index (χ4v) is 2.18. The summed E-state index contributed by atoms with van der Waals surface area (Å²) in [7, 11) is 1.34. The number of imide groups is 1. The summed E-state index contributed by atoms with van der Waals surface area (Å²) in [4.78, 5) is 24.3. The zero-order chi connectivity index (χ0) is 14.2. The van der Waals surface area contributed by atoms with Crippen molar-refractivity contribution in [3.63, 3.8) is 0 Å². The number of aliphatic hydroxyl groups excluding tert-OH is 2. The van der Waals surface area contributed by atoms with Gasteiger partial charge in [0.1, 0.15) is 18.3 Å². The molecule has 0 aromatic rings. The van der Waals surface area contributed by atoms with Crippen LogP contribution in [0.4, 0.5) is 4.79 Å². The maximum Gasteiger partial charge on any atom is 0.326 e. The highest BCUT2D eigenvalue weighted by molar-refractivity contribution is 5.99. The Morgan fingerprint density at radius 3 is 2.68 bits per heavy atom. The van der Waals surface area contributed by atoms with Crippen molar-refractivity contribution >= 4 is 11.9 Å². The van der Waals surface area contributed by atoms with E-state index >= 15 is 0 Å². The van der Waals surface area contributed by atoms with Crippen LogP contribution in [0.15, 0.2) is 0 Å². The number of nitrogens with two attached hydrogens (primary N) is 1. The van der Waals surface area contributed by atoms with Gasteiger partial charge < -0.3 is 25.4 Å². The molecule has 0 saturated carbocycles. The molecule has 2 aliphatic rings. The highest BCUT2D eigenvalue weighted by Gasteiger charge is 2.48. The number of ether oxygens (including phenoxy) is 2. The Morgan fingerprint density at radius 2 is 2.16 bits per heavy atom. The van der Waals surface area contributed by atoms with Gasteiger partial charge in [0.05, 0.1) is 6.54 Å². The fraction of sp³-hybridized carbons (Fsp3) is 0.800. The van der Waals surface area contributed by atoms with E-state index in [1.165, 1.54) is 7.11 Å². The third kappa shape index (κ3) is 2.42. The van der Waals surface area contributed by atoms with Crippen molar-refractivity contribution in [1.29, 1.82) is 0 Å². The summed E-state index contributed by atoms with van der Waals surface area (Å²) >= 11 is 0. The highest BCUT2D eigenvalue weighted by atomic mass is 16.6. The molecule has 2 saturated heterocycles. The third-order valence-corrected chi connectivity index (χ3v) is 3.31. The quantitative estimate of drug-likeness (QED) is 0.430. The normalized spacial score (nSPS) is 39.6. The molecule has 0 radical (unpaired) electrons. The lowest BCUT2D eigenvalue weighted by Crippen LogP contribution is -2.62. The lowest BCUT2D eigenvalue weighted by atomic mass is 10.1. The number of rotatable bonds is 3. The lowest BCUT2D eigenvalue weighted by molar-refractivity contribution is -0.139. The predicted molar refractivity (Wildman–Crippen MR) is 60.8 cm³/mol. The summed E-state index contributed by atoms with van der Waals surface area (Å²) in [6.07, 6.45) is -5.13. The van der Waals surface area contributed by atoms with E-state index in [2.05, 4.69) is 5.32 Å². The van der Waals surface area contributed by atoms with E-state index in [0.717, 1.165) is 4.90 Å². The van der Waals surface area contributed by atoms with E-state index < -0.39 is 42.6 Å². The summed E-state index contributed by atoms with van der Waals surface area (Å²) in [6, 6.07) is -0.702. The van der Waals surface area contributed by atoms with E-state index in [9.17, 15) is 19.8 Å². The summed E-state index contributed by atoms with van der Waals surface area (Å²) in [5.41, 5.74) is 5.39. The SMILES string of the molecule is COC1CN([C@@H]2O[C@H](CN)C(O)C2O)C(=O)NC1=O. The monoisotopic (exact) mass is 275 g/mol. The van der Waals surface area contributed by atoms with Gasteiger partial charge in [-0.3, -0.25) is 15.0 Å². The van der Waals surface area contributed by atoms with Crippen molar-refractivity contribution in [1.82, 2.24) is 10.2 Å². The summed E-state index contributed by atoms with van der Waals surface area (Å²) < 4.78 is 10.3. The largest absolute Gasteiger partial charge is 0.387 e. The first kappa shape index (κ1) is 14.2.